The largest absolute Gasteiger partial charge is 0.488 e. The third-order valence-electron chi connectivity index (χ3n) is 6.53. The minimum Gasteiger partial charge on any atom is -0.488 e. The Morgan fingerprint density at radius 3 is 2.54 bits per heavy atom. The fourth-order valence-corrected chi connectivity index (χ4v) is 4.40. The molecule has 0 aromatic heterocycles. The third kappa shape index (κ3) is 5.68. The van der Waals surface area contributed by atoms with Crippen molar-refractivity contribution in [2.75, 3.05) is 6.61 Å². The van der Waals surface area contributed by atoms with E-state index in [9.17, 15) is 9.90 Å². The summed E-state index contributed by atoms with van der Waals surface area (Å²) >= 11 is 0. The van der Waals surface area contributed by atoms with E-state index in [0.29, 0.717) is 29.2 Å². The standard InChI is InChI=1S/C30H34O5/c1-5-21-11-12-23(27(16-21)33-18-22-9-7-6-8-10-22)26(32)19-34-29-24-13-14-30(3,4)35-28(24)15-20(2)25(29)17-31/h6-12,15-16,31H,5,13-14,17-19H2,1-4H3. The first-order valence-corrected chi connectivity index (χ1v) is 12.2. The van der Waals surface area contributed by atoms with Crippen molar-refractivity contribution < 1.29 is 24.1 Å². The molecule has 0 saturated carbocycles. The average Bonchev–Trinajstić information content (AvgIpc) is 2.85. The number of carbonyl (C=O) groups is 1. The van der Waals surface area contributed by atoms with E-state index in [2.05, 4.69) is 20.8 Å². The summed E-state index contributed by atoms with van der Waals surface area (Å²) < 4.78 is 18.4. The van der Waals surface area contributed by atoms with E-state index in [0.717, 1.165) is 47.3 Å². The predicted molar refractivity (Wildman–Crippen MR) is 137 cm³/mol. The Balaban J connectivity index is 1.57. The van der Waals surface area contributed by atoms with Crippen LogP contribution in [0.2, 0.25) is 0 Å². The summed E-state index contributed by atoms with van der Waals surface area (Å²) in [6.45, 7) is 8.18. The van der Waals surface area contributed by atoms with Gasteiger partial charge in [0, 0.05) is 11.1 Å². The van der Waals surface area contributed by atoms with Gasteiger partial charge in [-0.3, -0.25) is 4.79 Å². The Morgan fingerprint density at radius 2 is 1.83 bits per heavy atom. The van der Waals surface area contributed by atoms with Gasteiger partial charge in [-0.15, -0.1) is 0 Å². The van der Waals surface area contributed by atoms with Gasteiger partial charge in [0.15, 0.2) is 6.61 Å². The summed E-state index contributed by atoms with van der Waals surface area (Å²) in [5, 5.41) is 10.0. The van der Waals surface area contributed by atoms with Crippen molar-refractivity contribution in [1.82, 2.24) is 0 Å². The molecule has 0 atom stereocenters. The highest BCUT2D eigenvalue weighted by Gasteiger charge is 2.31. The molecule has 3 aromatic carbocycles. The molecule has 5 nitrogen and oxygen atoms in total. The van der Waals surface area contributed by atoms with Crippen LogP contribution in [0.4, 0.5) is 0 Å². The minimum atomic E-state index is -0.265. The van der Waals surface area contributed by atoms with Crippen LogP contribution >= 0.6 is 0 Å². The van der Waals surface area contributed by atoms with Crippen LogP contribution in [-0.2, 0) is 26.1 Å². The van der Waals surface area contributed by atoms with Gasteiger partial charge in [-0.2, -0.15) is 0 Å². The van der Waals surface area contributed by atoms with Gasteiger partial charge in [0.25, 0.3) is 0 Å². The highest BCUT2D eigenvalue weighted by molar-refractivity contribution is 6.00. The Hall–Kier alpha value is -3.31. The second kappa shape index (κ2) is 10.5. The predicted octanol–water partition coefficient (Wildman–Crippen LogP) is 5.99. The molecule has 0 unspecified atom stereocenters. The summed E-state index contributed by atoms with van der Waals surface area (Å²) in [6, 6.07) is 17.5. The maximum atomic E-state index is 13.3. The minimum absolute atomic E-state index is 0.153. The maximum absolute atomic E-state index is 13.3. The lowest BCUT2D eigenvalue weighted by Gasteiger charge is -2.34. The number of hydrogen-bond donors (Lipinski definition) is 1. The summed E-state index contributed by atoms with van der Waals surface area (Å²) in [6.07, 6.45) is 2.43. The molecule has 1 aliphatic rings. The SMILES string of the molecule is CCc1ccc(C(=O)COc2c(CO)c(C)cc3c2CCC(C)(C)O3)c(OCc2ccccc2)c1. The van der Waals surface area contributed by atoms with E-state index in [1.807, 2.05) is 61.5 Å². The fourth-order valence-electron chi connectivity index (χ4n) is 4.40. The normalized spacial score (nSPS) is 14.1. The molecule has 0 bridgehead atoms. The summed E-state index contributed by atoms with van der Waals surface area (Å²) in [5.74, 6) is 1.70. The molecule has 0 aliphatic carbocycles. The highest BCUT2D eigenvalue weighted by atomic mass is 16.5. The van der Waals surface area contributed by atoms with Gasteiger partial charge in [0.05, 0.1) is 12.2 Å². The molecule has 1 heterocycles. The number of aliphatic hydroxyl groups is 1. The molecule has 0 amide bonds. The van der Waals surface area contributed by atoms with E-state index >= 15 is 0 Å². The quantitative estimate of drug-likeness (QED) is 0.386. The number of ketones is 1. The van der Waals surface area contributed by atoms with Crippen LogP contribution in [0.3, 0.4) is 0 Å². The number of rotatable bonds is 9. The molecular weight excluding hydrogens is 440 g/mol. The maximum Gasteiger partial charge on any atom is 0.203 e. The number of benzene rings is 3. The second-order valence-electron chi connectivity index (χ2n) is 9.67. The lowest BCUT2D eigenvalue weighted by Crippen LogP contribution is -2.33. The zero-order valence-electron chi connectivity index (χ0n) is 21.0. The lowest BCUT2D eigenvalue weighted by atomic mass is 9.91. The Kier molecular flexibility index (Phi) is 7.46. The van der Waals surface area contributed by atoms with Crippen LogP contribution in [0.15, 0.2) is 54.6 Å². The molecule has 0 fully saturated rings. The van der Waals surface area contributed by atoms with Crippen LogP contribution in [0.25, 0.3) is 0 Å². The first kappa shape index (κ1) is 24.8. The smallest absolute Gasteiger partial charge is 0.203 e. The summed E-state index contributed by atoms with van der Waals surface area (Å²) in [5.41, 5.74) is 4.84. The van der Waals surface area contributed by atoms with Gasteiger partial charge in [0.1, 0.15) is 29.5 Å². The van der Waals surface area contributed by atoms with E-state index in [-0.39, 0.29) is 24.6 Å². The molecule has 1 N–H and O–H groups in total. The van der Waals surface area contributed by atoms with Crippen molar-refractivity contribution >= 4 is 5.78 Å². The monoisotopic (exact) mass is 474 g/mol. The van der Waals surface area contributed by atoms with Crippen molar-refractivity contribution in [3.05, 3.63) is 88.0 Å². The number of Topliss-reactive ketones (excluding diaryl/α,β-unsaturated/α-hetero) is 1. The molecule has 35 heavy (non-hydrogen) atoms. The summed E-state index contributed by atoms with van der Waals surface area (Å²) in [4.78, 5) is 13.3. The number of aliphatic hydroxyl groups excluding tert-OH is 1. The fraction of sp³-hybridized carbons (Fsp3) is 0.367. The van der Waals surface area contributed by atoms with Crippen molar-refractivity contribution in [3.63, 3.8) is 0 Å². The van der Waals surface area contributed by atoms with Crippen LogP contribution in [0, 0.1) is 6.92 Å². The molecule has 4 rings (SSSR count). The first-order valence-electron chi connectivity index (χ1n) is 12.2. The molecule has 0 spiro atoms. The lowest BCUT2D eigenvalue weighted by molar-refractivity contribution is 0.0811. The number of aryl methyl sites for hydroxylation is 2. The van der Waals surface area contributed by atoms with E-state index in [1.54, 1.807) is 0 Å². The van der Waals surface area contributed by atoms with E-state index in [1.165, 1.54) is 0 Å². The van der Waals surface area contributed by atoms with Gasteiger partial charge in [-0.25, -0.2) is 0 Å². The number of carbonyl (C=O) groups excluding carboxylic acids is 1. The molecule has 184 valence electrons. The van der Waals surface area contributed by atoms with Crippen LogP contribution in [0.5, 0.6) is 17.2 Å². The number of fused-ring (bicyclic) bond motifs is 1. The molecule has 5 heteroatoms. The van der Waals surface area contributed by atoms with Gasteiger partial charge < -0.3 is 19.3 Å². The molecule has 0 saturated heterocycles. The Bertz CT molecular complexity index is 1200. The highest BCUT2D eigenvalue weighted by Crippen LogP contribution is 2.42. The van der Waals surface area contributed by atoms with Gasteiger partial charge in [-0.1, -0.05) is 43.3 Å². The molecular formula is C30H34O5. The van der Waals surface area contributed by atoms with Crippen molar-refractivity contribution in [2.24, 2.45) is 0 Å². The van der Waals surface area contributed by atoms with E-state index < -0.39 is 0 Å². The molecule has 0 radical (unpaired) electrons. The topological polar surface area (TPSA) is 65.0 Å². The van der Waals surface area contributed by atoms with Crippen molar-refractivity contribution in [2.45, 2.75) is 65.8 Å². The van der Waals surface area contributed by atoms with Gasteiger partial charge in [-0.05, 0) is 74.9 Å². The van der Waals surface area contributed by atoms with Crippen LogP contribution < -0.4 is 14.2 Å². The van der Waals surface area contributed by atoms with Crippen LogP contribution in [0.1, 0.15) is 65.4 Å². The third-order valence-corrected chi connectivity index (χ3v) is 6.53. The number of hydrogen-bond acceptors (Lipinski definition) is 5. The summed E-state index contributed by atoms with van der Waals surface area (Å²) in [7, 11) is 0. The number of ether oxygens (including phenoxy) is 3. The zero-order chi connectivity index (χ0) is 25.0. The first-order chi connectivity index (χ1) is 16.8. The Labute approximate surface area is 207 Å². The molecule has 1 aliphatic heterocycles. The van der Waals surface area contributed by atoms with Crippen molar-refractivity contribution in [1.29, 1.82) is 0 Å². The second-order valence-corrected chi connectivity index (χ2v) is 9.67. The van der Waals surface area contributed by atoms with Gasteiger partial charge >= 0.3 is 0 Å². The zero-order valence-corrected chi connectivity index (χ0v) is 21.0. The van der Waals surface area contributed by atoms with Crippen molar-refractivity contribution in [3.8, 4) is 17.2 Å². The van der Waals surface area contributed by atoms with Gasteiger partial charge in [0.2, 0.25) is 5.78 Å². The average molecular weight is 475 g/mol. The molecule has 3 aromatic rings. The van der Waals surface area contributed by atoms with Crippen LogP contribution in [-0.4, -0.2) is 23.1 Å². The Morgan fingerprint density at radius 1 is 1.06 bits per heavy atom. The van der Waals surface area contributed by atoms with E-state index in [4.69, 9.17) is 14.2 Å².